The van der Waals surface area contributed by atoms with Gasteiger partial charge in [-0.1, -0.05) is 31.9 Å². The molecule has 0 aromatic heterocycles. The zero-order valence-electron chi connectivity index (χ0n) is 11.1. The first-order valence-electron chi connectivity index (χ1n) is 6.93. The van der Waals surface area contributed by atoms with Crippen LogP contribution in [0.2, 0.25) is 0 Å². The molecule has 16 heavy (non-hydrogen) atoms. The van der Waals surface area contributed by atoms with E-state index in [2.05, 4.69) is 25.7 Å². The Hall–Kier alpha value is -0.720. The lowest BCUT2D eigenvalue weighted by Crippen LogP contribution is -2.15. The zero-order chi connectivity index (χ0) is 11.8. The van der Waals surface area contributed by atoms with Gasteiger partial charge >= 0.3 is 0 Å². The van der Waals surface area contributed by atoms with Crippen LogP contribution in [0.4, 0.5) is 0 Å². The number of hydrogen-bond acceptors (Lipinski definition) is 1. The molecule has 1 aliphatic carbocycles. The molecular formula is C15H27N. The van der Waals surface area contributed by atoms with Gasteiger partial charge in [-0.3, -0.25) is 0 Å². The summed E-state index contributed by atoms with van der Waals surface area (Å²) in [5.41, 5.74) is 4.42. The fourth-order valence-electron chi connectivity index (χ4n) is 2.42. The second-order valence-corrected chi connectivity index (χ2v) is 4.76. The van der Waals surface area contributed by atoms with Gasteiger partial charge in [0.2, 0.25) is 0 Å². The van der Waals surface area contributed by atoms with Crippen molar-refractivity contribution in [1.29, 1.82) is 0 Å². The molecule has 0 bridgehead atoms. The van der Waals surface area contributed by atoms with Crippen LogP contribution in [0.25, 0.3) is 0 Å². The van der Waals surface area contributed by atoms with Crippen LogP contribution in [0.15, 0.2) is 23.4 Å². The van der Waals surface area contributed by atoms with E-state index in [-0.39, 0.29) is 0 Å². The van der Waals surface area contributed by atoms with Gasteiger partial charge in [0.25, 0.3) is 0 Å². The molecular weight excluding hydrogens is 194 g/mol. The van der Waals surface area contributed by atoms with Gasteiger partial charge in [-0.15, -0.1) is 0 Å². The third kappa shape index (κ3) is 4.03. The minimum absolute atomic E-state index is 1.04. The van der Waals surface area contributed by atoms with Crippen LogP contribution in [0, 0.1) is 0 Å². The predicted octanol–water partition coefficient (Wildman–Crippen LogP) is 4.56. The molecule has 0 unspecified atom stereocenters. The van der Waals surface area contributed by atoms with E-state index >= 15 is 0 Å². The van der Waals surface area contributed by atoms with Crippen LogP contribution in [-0.2, 0) is 0 Å². The molecule has 1 saturated carbocycles. The van der Waals surface area contributed by atoms with E-state index in [0.29, 0.717) is 0 Å². The fourth-order valence-corrected chi connectivity index (χ4v) is 2.42. The minimum atomic E-state index is 1.04. The number of allylic oxidation sites excluding steroid dienone is 3. The van der Waals surface area contributed by atoms with Gasteiger partial charge in [-0.2, -0.15) is 0 Å². The largest absolute Gasteiger partial charge is 0.388 e. The lowest BCUT2D eigenvalue weighted by Gasteiger charge is -2.16. The molecule has 0 aromatic carbocycles. The summed E-state index contributed by atoms with van der Waals surface area (Å²) in [6.45, 7) is 9.75. The number of rotatable bonds is 5. The summed E-state index contributed by atoms with van der Waals surface area (Å²) in [5, 5.41) is 3.56. The molecule has 1 fully saturated rings. The molecule has 0 amide bonds. The first kappa shape index (κ1) is 13.3. The molecule has 0 spiro atoms. The molecule has 0 aromatic rings. The van der Waals surface area contributed by atoms with Crippen molar-refractivity contribution in [3.8, 4) is 0 Å². The summed E-state index contributed by atoms with van der Waals surface area (Å²) in [6.07, 6.45) is 10.3. The van der Waals surface area contributed by atoms with E-state index in [1.54, 1.807) is 5.57 Å². The van der Waals surface area contributed by atoms with Gasteiger partial charge in [0.15, 0.2) is 0 Å². The number of unbranched alkanes of at least 4 members (excludes halogenated alkanes) is 1. The fraction of sp³-hybridized carbons (Fsp3) is 0.733. The quantitative estimate of drug-likeness (QED) is 0.671. The van der Waals surface area contributed by atoms with Crippen molar-refractivity contribution in [3.05, 3.63) is 23.4 Å². The van der Waals surface area contributed by atoms with Gasteiger partial charge in [-0.05, 0) is 51.0 Å². The lowest BCUT2D eigenvalue weighted by molar-refractivity contribution is 0.689. The molecule has 1 heteroatoms. The molecule has 0 atom stereocenters. The zero-order valence-corrected chi connectivity index (χ0v) is 11.1. The number of hydrogen-bond donors (Lipinski definition) is 1. The van der Waals surface area contributed by atoms with Gasteiger partial charge < -0.3 is 5.32 Å². The summed E-state index contributed by atoms with van der Waals surface area (Å²) in [5.74, 6) is 0. The summed E-state index contributed by atoms with van der Waals surface area (Å²) in [4.78, 5) is 0. The summed E-state index contributed by atoms with van der Waals surface area (Å²) in [7, 11) is 0. The standard InChI is InChI=1S/C15H27N/c1-4-6-12-15(16-5-2)14-11-9-7-8-10-13(14)3/h16H,3-12H2,1-2H3/b15-14-. The van der Waals surface area contributed by atoms with Crippen molar-refractivity contribution in [2.45, 2.75) is 65.2 Å². The Morgan fingerprint density at radius 3 is 2.62 bits per heavy atom. The third-order valence-corrected chi connectivity index (χ3v) is 3.37. The molecule has 0 aliphatic heterocycles. The molecule has 1 aliphatic rings. The Bertz CT molecular complexity index is 250. The van der Waals surface area contributed by atoms with Gasteiger partial charge in [-0.25, -0.2) is 0 Å². The van der Waals surface area contributed by atoms with E-state index in [4.69, 9.17) is 0 Å². The highest BCUT2D eigenvalue weighted by atomic mass is 14.9. The first-order valence-corrected chi connectivity index (χ1v) is 6.93. The van der Waals surface area contributed by atoms with Crippen LogP contribution >= 0.6 is 0 Å². The maximum absolute atomic E-state index is 4.27. The Kier molecular flexibility index (Phi) is 6.29. The molecule has 1 rings (SSSR count). The van der Waals surface area contributed by atoms with Crippen molar-refractivity contribution >= 4 is 0 Å². The molecule has 0 heterocycles. The highest BCUT2D eigenvalue weighted by molar-refractivity contribution is 5.33. The Balaban J connectivity index is 2.77. The second-order valence-electron chi connectivity index (χ2n) is 4.76. The van der Waals surface area contributed by atoms with E-state index in [9.17, 15) is 0 Å². The normalized spacial score (nSPS) is 20.5. The van der Waals surface area contributed by atoms with E-state index in [0.717, 1.165) is 6.54 Å². The molecule has 92 valence electrons. The summed E-state index contributed by atoms with van der Waals surface area (Å²) >= 11 is 0. The lowest BCUT2D eigenvalue weighted by atomic mass is 9.98. The smallest absolute Gasteiger partial charge is 0.0142 e. The van der Waals surface area contributed by atoms with Crippen molar-refractivity contribution < 1.29 is 0 Å². The van der Waals surface area contributed by atoms with Crippen LogP contribution in [0.1, 0.15) is 65.2 Å². The maximum atomic E-state index is 4.27. The van der Waals surface area contributed by atoms with E-state index < -0.39 is 0 Å². The molecule has 0 radical (unpaired) electrons. The SMILES string of the molecule is C=C1CCCCC/C1=C(\CCCC)NCC. The van der Waals surface area contributed by atoms with Crippen molar-refractivity contribution in [1.82, 2.24) is 5.32 Å². The number of nitrogens with one attached hydrogen (secondary N) is 1. The highest BCUT2D eigenvalue weighted by Gasteiger charge is 2.12. The van der Waals surface area contributed by atoms with E-state index in [1.807, 2.05) is 0 Å². The average molecular weight is 221 g/mol. The second kappa shape index (κ2) is 7.54. The van der Waals surface area contributed by atoms with Crippen molar-refractivity contribution in [3.63, 3.8) is 0 Å². The Morgan fingerprint density at radius 1 is 1.19 bits per heavy atom. The van der Waals surface area contributed by atoms with Crippen LogP contribution < -0.4 is 5.32 Å². The van der Waals surface area contributed by atoms with Crippen LogP contribution in [0.5, 0.6) is 0 Å². The van der Waals surface area contributed by atoms with Crippen LogP contribution in [0.3, 0.4) is 0 Å². The maximum Gasteiger partial charge on any atom is 0.0142 e. The summed E-state index contributed by atoms with van der Waals surface area (Å²) in [6, 6.07) is 0. The topological polar surface area (TPSA) is 12.0 Å². The van der Waals surface area contributed by atoms with Crippen molar-refractivity contribution in [2.75, 3.05) is 6.54 Å². The Morgan fingerprint density at radius 2 is 1.94 bits per heavy atom. The van der Waals surface area contributed by atoms with Gasteiger partial charge in [0.05, 0.1) is 0 Å². The third-order valence-electron chi connectivity index (χ3n) is 3.37. The molecule has 0 saturated heterocycles. The highest BCUT2D eigenvalue weighted by Crippen LogP contribution is 2.29. The Labute approximate surface area is 101 Å². The molecule has 1 N–H and O–H groups in total. The van der Waals surface area contributed by atoms with Gasteiger partial charge in [0.1, 0.15) is 0 Å². The van der Waals surface area contributed by atoms with Gasteiger partial charge in [0, 0.05) is 12.2 Å². The first-order chi connectivity index (χ1) is 7.79. The average Bonchev–Trinajstić information content (AvgIpc) is 2.49. The van der Waals surface area contributed by atoms with Crippen molar-refractivity contribution in [2.24, 2.45) is 0 Å². The van der Waals surface area contributed by atoms with Crippen LogP contribution in [-0.4, -0.2) is 6.54 Å². The molecule has 1 nitrogen and oxygen atoms in total. The summed E-state index contributed by atoms with van der Waals surface area (Å²) < 4.78 is 0. The minimum Gasteiger partial charge on any atom is -0.388 e. The predicted molar refractivity (Wildman–Crippen MR) is 72.5 cm³/mol. The monoisotopic (exact) mass is 221 g/mol. The van der Waals surface area contributed by atoms with E-state index in [1.165, 1.54) is 62.6 Å².